The van der Waals surface area contributed by atoms with Crippen molar-refractivity contribution in [3.05, 3.63) is 51.5 Å². The van der Waals surface area contributed by atoms with Crippen molar-refractivity contribution in [2.75, 3.05) is 0 Å². The van der Waals surface area contributed by atoms with Gasteiger partial charge in [-0.2, -0.15) is 0 Å². The van der Waals surface area contributed by atoms with Crippen molar-refractivity contribution < 1.29 is 4.42 Å². The van der Waals surface area contributed by atoms with Crippen molar-refractivity contribution in [2.24, 2.45) is 0 Å². The normalized spacial score (nSPS) is 16.0. The van der Waals surface area contributed by atoms with Gasteiger partial charge in [0, 0.05) is 16.2 Å². The lowest BCUT2D eigenvalue weighted by atomic mass is 9.99. The standard InChI is InChI=1S/C17H16BrNOS/c18-12(16-9-11-5-1-4-8-15(11)21-16)10-17-19-13-6-2-3-7-14(13)20-17/h2-3,6-7,9,12H,1,4-5,8,10H2. The van der Waals surface area contributed by atoms with E-state index in [9.17, 15) is 0 Å². The number of fused-ring (bicyclic) bond motifs is 2. The van der Waals surface area contributed by atoms with Gasteiger partial charge in [-0.05, 0) is 49.4 Å². The summed E-state index contributed by atoms with van der Waals surface area (Å²) in [6.07, 6.45) is 5.97. The number of hydrogen-bond donors (Lipinski definition) is 0. The van der Waals surface area contributed by atoms with E-state index >= 15 is 0 Å². The Bertz CT molecular complexity index is 720. The molecule has 108 valence electrons. The maximum atomic E-state index is 5.83. The Hall–Kier alpha value is -1.13. The largest absolute Gasteiger partial charge is 0.441 e. The minimum absolute atomic E-state index is 0.293. The topological polar surface area (TPSA) is 26.0 Å². The first-order valence-electron chi connectivity index (χ1n) is 7.39. The molecule has 0 radical (unpaired) electrons. The zero-order valence-corrected chi connectivity index (χ0v) is 14.0. The van der Waals surface area contributed by atoms with Gasteiger partial charge in [-0.3, -0.25) is 0 Å². The number of hydrogen-bond acceptors (Lipinski definition) is 3. The Kier molecular flexibility index (Phi) is 3.59. The first kappa shape index (κ1) is 13.5. The highest BCUT2D eigenvalue weighted by molar-refractivity contribution is 9.09. The van der Waals surface area contributed by atoms with E-state index < -0.39 is 0 Å². The molecule has 1 aliphatic carbocycles. The maximum absolute atomic E-state index is 5.83. The van der Waals surface area contributed by atoms with Gasteiger partial charge in [0.25, 0.3) is 0 Å². The van der Waals surface area contributed by atoms with E-state index in [4.69, 9.17) is 4.42 Å². The Morgan fingerprint density at radius 2 is 2.10 bits per heavy atom. The second-order valence-corrected chi connectivity index (χ2v) is 7.82. The molecule has 0 aliphatic heterocycles. The third-order valence-electron chi connectivity index (χ3n) is 4.02. The molecule has 0 fully saturated rings. The summed E-state index contributed by atoms with van der Waals surface area (Å²) in [6, 6.07) is 10.3. The van der Waals surface area contributed by atoms with E-state index in [1.54, 1.807) is 10.4 Å². The average Bonchev–Trinajstić information content (AvgIpc) is 3.10. The van der Waals surface area contributed by atoms with Crippen LogP contribution < -0.4 is 0 Å². The van der Waals surface area contributed by atoms with Gasteiger partial charge in [0.1, 0.15) is 5.52 Å². The first-order chi connectivity index (χ1) is 10.3. The number of halogens is 1. The Balaban J connectivity index is 1.57. The SMILES string of the molecule is BrC(Cc1nc2ccccc2o1)c1cc2c(s1)CCCC2. The summed E-state index contributed by atoms with van der Waals surface area (Å²) in [5, 5.41) is 0. The predicted molar refractivity (Wildman–Crippen MR) is 90.3 cm³/mol. The van der Waals surface area contributed by atoms with Crippen LogP contribution in [-0.2, 0) is 19.3 Å². The van der Waals surface area contributed by atoms with Crippen LogP contribution in [-0.4, -0.2) is 4.98 Å². The fourth-order valence-corrected chi connectivity index (χ4v) is 4.85. The van der Waals surface area contributed by atoms with Gasteiger partial charge in [0.2, 0.25) is 0 Å². The number of para-hydroxylation sites is 2. The molecule has 0 saturated carbocycles. The summed E-state index contributed by atoms with van der Waals surface area (Å²) >= 11 is 5.77. The molecule has 1 atom stereocenters. The lowest BCUT2D eigenvalue weighted by molar-refractivity contribution is 0.528. The van der Waals surface area contributed by atoms with E-state index in [1.807, 2.05) is 35.6 Å². The second-order valence-electron chi connectivity index (χ2n) is 5.55. The molecule has 21 heavy (non-hydrogen) atoms. The Morgan fingerprint density at radius 1 is 1.24 bits per heavy atom. The zero-order chi connectivity index (χ0) is 14.2. The monoisotopic (exact) mass is 361 g/mol. The second kappa shape index (κ2) is 5.58. The Labute approximate surface area is 136 Å². The summed E-state index contributed by atoms with van der Waals surface area (Å²) < 4.78 is 5.83. The van der Waals surface area contributed by atoms with Crippen molar-refractivity contribution in [1.29, 1.82) is 0 Å². The summed E-state index contributed by atoms with van der Waals surface area (Å²) in [7, 11) is 0. The molecule has 2 heterocycles. The van der Waals surface area contributed by atoms with Crippen LogP contribution in [0.3, 0.4) is 0 Å². The number of aromatic nitrogens is 1. The van der Waals surface area contributed by atoms with E-state index in [0.29, 0.717) is 4.83 Å². The van der Waals surface area contributed by atoms with Gasteiger partial charge in [-0.15, -0.1) is 11.3 Å². The summed E-state index contributed by atoms with van der Waals surface area (Å²) in [6.45, 7) is 0. The number of oxazole rings is 1. The highest BCUT2D eigenvalue weighted by Crippen LogP contribution is 2.37. The highest BCUT2D eigenvalue weighted by Gasteiger charge is 2.19. The number of nitrogens with zero attached hydrogens (tertiary/aromatic N) is 1. The molecule has 2 nitrogen and oxygen atoms in total. The molecule has 3 aromatic rings. The summed E-state index contributed by atoms with van der Waals surface area (Å²) in [5.74, 6) is 0.810. The lowest BCUT2D eigenvalue weighted by Crippen LogP contribution is -1.96. The van der Waals surface area contributed by atoms with Crippen molar-refractivity contribution >= 4 is 38.4 Å². The lowest BCUT2D eigenvalue weighted by Gasteiger charge is -2.08. The number of thiophene rings is 1. The van der Waals surface area contributed by atoms with Crippen LogP contribution in [0, 0.1) is 0 Å². The fourth-order valence-electron chi connectivity index (χ4n) is 2.93. The van der Waals surface area contributed by atoms with Crippen LogP contribution in [0.15, 0.2) is 34.7 Å². The van der Waals surface area contributed by atoms with Gasteiger partial charge < -0.3 is 4.42 Å². The number of benzene rings is 1. The van der Waals surface area contributed by atoms with Crippen molar-refractivity contribution in [1.82, 2.24) is 4.98 Å². The molecule has 4 rings (SSSR count). The summed E-state index contributed by atoms with van der Waals surface area (Å²) in [4.78, 5) is 7.85. The average molecular weight is 362 g/mol. The van der Waals surface area contributed by atoms with E-state index in [2.05, 4.69) is 27.0 Å². The zero-order valence-electron chi connectivity index (χ0n) is 11.6. The van der Waals surface area contributed by atoms with Gasteiger partial charge in [0.15, 0.2) is 11.5 Å². The smallest absolute Gasteiger partial charge is 0.196 e. The van der Waals surface area contributed by atoms with E-state index in [0.717, 1.165) is 23.4 Å². The van der Waals surface area contributed by atoms with Crippen LogP contribution in [0.5, 0.6) is 0 Å². The number of alkyl halides is 1. The van der Waals surface area contributed by atoms with Crippen molar-refractivity contribution in [2.45, 2.75) is 36.9 Å². The van der Waals surface area contributed by atoms with Crippen molar-refractivity contribution in [3.8, 4) is 0 Å². The maximum Gasteiger partial charge on any atom is 0.196 e. The Morgan fingerprint density at radius 3 is 2.95 bits per heavy atom. The minimum atomic E-state index is 0.293. The van der Waals surface area contributed by atoms with Crippen LogP contribution in [0.25, 0.3) is 11.1 Å². The quantitative estimate of drug-likeness (QED) is 0.580. The molecule has 0 bridgehead atoms. The summed E-state index contributed by atoms with van der Waals surface area (Å²) in [5.41, 5.74) is 3.37. The van der Waals surface area contributed by atoms with Gasteiger partial charge >= 0.3 is 0 Å². The number of rotatable bonds is 3. The molecule has 0 saturated heterocycles. The van der Waals surface area contributed by atoms with E-state index in [-0.39, 0.29) is 0 Å². The number of aryl methyl sites for hydroxylation is 2. The van der Waals surface area contributed by atoms with Gasteiger partial charge in [-0.1, -0.05) is 28.1 Å². The van der Waals surface area contributed by atoms with Gasteiger partial charge in [0.05, 0.1) is 4.83 Å². The van der Waals surface area contributed by atoms with Crippen LogP contribution >= 0.6 is 27.3 Å². The van der Waals surface area contributed by atoms with Gasteiger partial charge in [-0.25, -0.2) is 4.98 Å². The molecular weight excluding hydrogens is 346 g/mol. The molecule has 2 aromatic heterocycles. The first-order valence-corrected chi connectivity index (χ1v) is 9.13. The molecule has 1 unspecified atom stereocenters. The fraction of sp³-hybridized carbons (Fsp3) is 0.353. The molecule has 0 amide bonds. The predicted octanol–water partition coefficient (Wildman–Crippen LogP) is 5.45. The van der Waals surface area contributed by atoms with Crippen LogP contribution in [0.2, 0.25) is 0 Å². The van der Waals surface area contributed by atoms with Crippen LogP contribution in [0.1, 0.15) is 38.9 Å². The van der Waals surface area contributed by atoms with Crippen molar-refractivity contribution in [3.63, 3.8) is 0 Å². The van der Waals surface area contributed by atoms with Crippen LogP contribution in [0.4, 0.5) is 0 Å². The third kappa shape index (κ3) is 2.67. The molecule has 1 aromatic carbocycles. The highest BCUT2D eigenvalue weighted by atomic mass is 79.9. The molecular formula is C17H16BrNOS. The van der Waals surface area contributed by atoms with E-state index in [1.165, 1.54) is 30.6 Å². The molecule has 1 aliphatic rings. The minimum Gasteiger partial charge on any atom is -0.441 e. The third-order valence-corrected chi connectivity index (χ3v) is 6.49. The molecule has 0 N–H and O–H groups in total. The molecule has 0 spiro atoms. The molecule has 4 heteroatoms.